The molecule has 10 heteroatoms. The lowest BCUT2D eigenvalue weighted by molar-refractivity contribution is -0.404. The van der Waals surface area contributed by atoms with Crippen molar-refractivity contribution in [3.05, 3.63) is 64.2 Å². The minimum Gasteiger partial charge on any atom is -0.367 e. The number of imidazole rings is 1. The van der Waals surface area contributed by atoms with Crippen molar-refractivity contribution in [2.45, 2.75) is 24.1 Å². The summed E-state index contributed by atoms with van der Waals surface area (Å²) in [5.41, 5.74) is 2.12. The second kappa shape index (κ2) is 12.2. The molecule has 0 aliphatic rings. The maximum Gasteiger partial charge on any atom is 0.274 e. The van der Waals surface area contributed by atoms with Gasteiger partial charge in [0, 0.05) is 42.2 Å². The molecule has 3 N–H and O–H groups in total. The number of aromatic amines is 1. The summed E-state index contributed by atoms with van der Waals surface area (Å²) in [5, 5.41) is 18.0. The molecule has 0 amide bonds. The standard InChI is InChI=1S/C17H24N6O2S2/c1-14-15(22-13-21-14)12-26-10-8-19-16(11-23(24)25)18-7-4-9-27-17-5-2-3-6-20-17/h2-3,5-6,11,13,18-19H,4,7-10,12H2,1H3,(H,21,22). The molecule has 0 saturated carbocycles. The average Bonchev–Trinajstić information content (AvgIpc) is 3.06. The van der Waals surface area contributed by atoms with Crippen molar-refractivity contribution in [2.24, 2.45) is 0 Å². The minimum atomic E-state index is -0.446. The Labute approximate surface area is 167 Å². The highest BCUT2D eigenvalue weighted by Gasteiger charge is 2.04. The molecule has 2 aromatic rings. The van der Waals surface area contributed by atoms with Gasteiger partial charge < -0.3 is 15.6 Å². The Balaban J connectivity index is 1.61. The number of nitrogens with one attached hydrogen (secondary N) is 3. The van der Waals surface area contributed by atoms with E-state index < -0.39 is 4.92 Å². The molecule has 8 nitrogen and oxygen atoms in total. The molecule has 0 aromatic carbocycles. The molecule has 2 heterocycles. The van der Waals surface area contributed by atoms with Crippen molar-refractivity contribution in [3.63, 3.8) is 0 Å². The quantitative estimate of drug-likeness (QED) is 0.201. The molecular formula is C17H24N6O2S2. The van der Waals surface area contributed by atoms with Crippen molar-refractivity contribution in [2.75, 3.05) is 24.6 Å². The van der Waals surface area contributed by atoms with Crippen LogP contribution in [0.15, 0.2) is 47.8 Å². The number of H-pyrrole nitrogens is 1. The van der Waals surface area contributed by atoms with E-state index in [1.54, 1.807) is 36.0 Å². The van der Waals surface area contributed by atoms with E-state index >= 15 is 0 Å². The maximum absolute atomic E-state index is 10.8. The minimum absolute atomic E-state index is 0.444. The third-order valence-corrected chi connectivity index (χ3v) is 5.49. The van der Waals surface area contributed by atoms with Crippen LogP contribution in [-0.2, 0) is 5.75 Å². The van der Waals surface area contributed by atoms with Crippen molar-refractivity contribution in [3.8, 4) is 0 Å². The van der Waals surface area contributed by atoms with Gasteiger partial charge in [-0.2, -0.15) is 11.8 Å². The summed E-state index contributed by atoms with van der Waals surface area (Å²) in [6, 6.07) is 5.82. The third-order valence-electron chi connectivity index (χ3n) is 3.49. The van der Waals surface area contributed by atoms with Gasteiger partial charge in [-0.05, 0) is 25.5 Å². The lowest BCUT2D eigenvalue weighted by Gasteiger charge is -2.11. The Hall–Kier alpha value is -2.20. The molecule has 2 aromatic heterocycles. The van der Waals surface area contributed by atoms with Gasteiger partial charge in [0.2, 0.25) is 0 Å². The largest absolute Gasteiger partial charge is 0.367 e. The van der Waals surface area contributed by atoms with E-state index in [2.05, 4.69) is 25.6 Å². The predicted octanol–water partition coefficient (Wildman–Crippen LogP) is 2.78. The van der Waals surface area contributed by atoms with E-state index in [9.17, 15) is 10.1 Å². The van der Waals surface area contributed by atoms with Crippen LogP contribution < -0.4 is 10.6 Å². The van der Waals surface area contributed by atoms with E-state index in [0.717, 1.165) is 46.3 Å². The molecule has 0 bridgehead atoms. The summed E-state index contributed by atoms with van der Waals surface area (Å²) in [5.74, 6) is 3.00. The van der Waals surface area contributed by atoms with Gasteiger partial charge in [0.1, 0.15) is 0 Å². The van der Waals surface area contributed by atoms with E-state index in [-0.39, 0.29) is 0 Å². The molecule has 0 spiro atoms. The smallest absolute Gasteiger partial charge is 0.274 e. The maximum atomic E-state index is 10.8. The number of rotatable bonds is 13. The van der Waals surface area contributed by atoms with Crippen LogP contribution in [0.4, 0.5) is 0 Å². The zero-order valence-corrected chi connectivity index (χ0v) is 16.8. The first-order valence-electron chi connectivity index (χ1n) is 8.58. The number of nitrogens with zero attached hydrogens (tertiary/aromatic N) is 3. The molecule has 0 saturated heterocycles. The second-order valence-electron chi connectivity index (χ2n) is 5.58. The van der Waals surface area contributed by atoms with Gasteiger partial charge in [0.15, 0.2) is 5.82 Å². The van der Waals surface area contributed by atoms with Gasteiger partial charge >= 0.3 is 0 Å². The summed E-state index contributed by atoms with van der Waals surface area (Å²) in [4.78, 5) is 21.9. The summed E-state index contributed by atoms with van der Waals surface area (Å²) >= 11 is 3.41. The Morgan fingerprint density at radius 1 is 1.30 bits per heavy atom. The van der Waals surface area contributed by atoms with Crippen LogP contribution in [0, 0.1) is 17.0 Å². The first-order chi connectivity index (χ1) is 13.1. The monoisotopic (exact) mass is 408 g/mol. The molecule has 0 fully saturated rings. The fourth-order valence-corrected chi connectivity index (χ4v) is 3.81. The van der Waals surface area contributed by atoms with Gasteiger partial charge in [-0.15, -0.1) is 11.8 Å². The summed E-state index contributed by atoms with van der Waals surface area (Å²) in [6.45, 7) is 3.30. The van der Waals surface area contributed by atoms with Crippen LogP contribution in [-0.4, -0.2) is 44.5 Å². The zero-order valence-electron chi connectivity index (χ0n) is 15.2. The molecule has 2 rings (SSSR count). The fraction of sp³-hybridized carbons (Fsp3) is 0.412. The van der Waals surface area contributed by atoms with Crippen molar-refractivity contribution in [1.82, 2.24) is 25.6 Å². The third kappa shape index (κ3) is 8.83. The van der Waals surface area contributed by atoms with Crippen LogP contribution >= 0.6 is 23.5 Å². The molecule has 146 valence electrons. The molecular weight excluding hydrogens is 384 g/mol. The zero-order chi connectivity index (χ0) is 19.3. The molecule has 0 unspecified atom stereocenters. The molecule has 0 aliphatic carbocycles. The van der Waals surface area contributed by atoms with E-state index in [0.29, 0.717) is 18.9 Å². The number of thioether (sulfide) groups is 2. The Bertz CT molecular complexity index is 723. The Morgan fingerprint density at radius 3 is 2.85 bits per heavy atom. The van der Waals surface area contributed by atoms with Gasteiger partial charge in [0.05, 0.1) is 22.0 Å². The first kappa shape index (κ1) is 21.1. The highest BCUT2D eigenvalue weighted by Crippen LogP contribution is 2.14. The van der Waals surface area contributed by atoms with Crippen molar-refractivity contribution in [1.29, 1.82) is 0 Å². The van der Waals surface area contributed by atoms with Crippen molar-refractivity contribution < 1.29 is 4.92 Å². The number of hydrogen-bond donors (Lipinski definition) is 3. The number of pyridine rings is 1. The highest BCUT2D eigenvalue weighted by molar-refractivity contribution is 7.99. The van der Waals surface area contributed by atoms with Gasteiger partial charge in [-0.25, -0.2) is 9.97 Å². The summed E-state index contributed by atoms with van der Waals surface area (Å²) in [7, 11) is 0. The van der Waals surface area contributed by atoms with E-state index in [4.69, 9.17) is 0 Å². The van der Waals surface area contributed by atoms with Crippen LogP contribution in [0.25, 0.3) is 0 Å². The van der Waals surface area contributed by atoms with Gasteiger partial charge in [0.25, 0.3) is 6.20 Å². The Kier molecular flexibility index (Phi) is 9.56. The number of nitro groups is 1. The predicted molar refractivity (Wildman–Crippen MR) is 110 cm³/mol. The molecule has 27 heavy (non-hydrogen) atoms. The molecule has 0 atom stereocenters. The van der Waals surface area contributed by atoms with Crippen LogP contribution in [0.1, 0.15) is 17.8 Å². The van der Waals surface area contributed by atoms with E-state index in [1.807, 2.05) is 25.1 Å². The number of hydrogen-bond acceptors (Lipinski definition) is 8. The lowest BCUT2D eigenvalue weighted by Crippen LogP contribution is -2.29. The summed E-state index contributed by atoms with van der Waals surface area (Å²) in [6.07, 6.45) is 5.32. The Morgan fingerprint density at radius 2 is 2.15 bits per heavy atom. The summed E-state index contributed by atoms with van der Waals surface area (Å²) < 4.78 is 0. The van der Waals surface area contributed by atoms with Crippen molar-refractivity contribution >= 4 is 23.5 Å². The van der Waals surface area contributed by atoms with Crippen LogP contribution in [0.3, 0.4) is 0 Å². The normalized spacial score (nSPS) is 11.4. The number of aryl methyl sites for hydroxylation is 1. The number of aromatic nitrogens is 3. The average molecular weight is 409 g/mol. The van der Waals surface area contributed by atoms with Gasteiger partial charge in [-0.3, -0.25) is 10.1 Å². The highest BCUT2D eigenvalue weighted by atomic mass is 32.2. The lowest BCUT2D eigenvalue weighted by atomic mass is 10.4. The topological polar surface area (TPSA) is 109 Å². The SMILES string of the molecule is Cc1[nH]cnc1CSCCNC(=C[N+](=O)[O-])NCCCSc1ccccn1. The fourth-order valence-electron chi connectivity index (χ4n) is 2.12. The van der Waals surface area contributed by atoms with Gasteiger partial charge in [-0.1, -0.05) is 6.07 Å². The first-order valence-corrected chi connectivity index (χ1v) is 10.7. The van der Waals surface area contributed by atoms with E-state index in [1.165, 1.54) is 0 Å². The van der Waals surface area contributed by atoms with Crippen LogP contribution in [0.5, 0.6) is 0 Å². The second-order valence-corrected chi connectivity index (χ2v) is 7.80. The van der Waals surface area contributed by atoms with Crippen LogP contribution in [0.2, 0.25) is 0 Å². The molecule has 0 aliphatic heterocycles. The molecule has 0 radical (unpaired) electrons.